The summed E-state index contributed by atoms with van der Waals surface area (Å²) in [7, 11) is 1.64. The average molecular weight is 345 g/mol. The minimum atomic E-state index is -0.664. The molecular formula is C18H20FN3O3. The maximum absolute atomic E-state index is 13.7. The van der Waals surface area contributed by atoms with Crippen LogP contribution >= 0.6 is 0 Å². The third-order valence-electron chi connectivity index (χ3n) is 4.41. The van der Waals surface area contributed by atoms with Gasteiger partial charge in [-0.15, -0.1) is 0 Å². The zero-order chi connectivity index (χ0) is 18.0. The molecule has 0 fully saturated rings. The van der Waals surface area contributed by atoms with Gasteiger partial charge in [-0.3, -0.25) is 4.90 Å². The van der Waals surface area contributed by atoms with Crippen LogP contribution < -0.4 is 21.0 Å². The molecule has 7 heteroatoms. The second-order valence-electron chi connectivity index (χ2n) is 6.06. The van der Waals surface area contributed by atoms with Crippen LogP contribution in [-0.4, -0.2) is 24.3 Å². The van der Waals surface area contributed by atoms with Gasteiger partial charge in [0.05, 0.1) is 6.10 Å². The minimum Gasteiger partial charge on any atom is -0.408 e. The van der Waals surface area contributed by atoms with Crippen LogP contribution in [0.4, 0.5) is 20.6 Å². The highest BCUT2D eigenvalue weighted by atomic mass is 19.1. The van der Waals surface area contributed by atoms with Crippen molar-refractivity contribution >= 4 is 17.4 Å². The lowest BCUT2D eigenvalue weighted by molar-refractivity contribution is 0.158. The highest BCUT2D eigenvalue weighted by Crippen LogP contribution is 2.30. The van der Waals surface area contributed by atoms with Gasteiger partial charge in [0.25, 0.3) is 0 Å². The number of hydrogen-bond donors (Lipinski definition) is 3. The van der Waals surface area contributed by atoms with E-state index in [0.29, 0.717) is 12.1 Å². The van der Waals surface area contributed by atoms with Crippen LogP contribution in [0, 0.1) is 5.82 Å². The number of nitrogens with zero attached hydrogens (tertiary/aromatic N) is 1. The number of nitrogens with two attached hydrogens (primary N) is 1. The molecule has 1 atom stereocenters. The number of anilines is 2. The molecule has 0 saturated heterocycles. The van der Waals surface area contributed by atoms with Gasteiger partial charge in [-0.1, -0.05) is 12.1 Å². The summed E-state index contributed by atoms with van der Waals surface area (Å²) < 4.78 is 13.7. The number of carbonyl (C=O) groups is 1. The Morgan fingerprint density at radius 2 is 2.20 bits per heavy atom. The largest absolute Gasteiger partial charge is 0.408 e. The zero-order valence-corrected chi connectivity index (χ0v) is 13.8. The molecule has 1 unspecified atom stereocenters. The van der Waals surface area contributed by atoms with Crippen molar-refractivity contribution in [1.82, 2.24) is 0 Å². The summed E-state index contributed by atoms with van der Waals surface area (Å²) in [4.78, 5) is 18.4. The van der Waals surface area contributed by atoms with Gasteiger partial charge in [-0.05, 0) is 42.2 Å². The number of benzene rings is 2. The predicted octanol–water partition coefficient (Wildman–Crippen LogP) is 2.60. The molecule has 3 rings (SSSR count). The molecule has 0 bridgehead atoms. The van der Waals surface area contributed by atoms with E-state index in [1.165, 1.54) is 17.0 Å². The third-order valence-corrected chi connectivity index (χ3v) is 4.41. The van der Waals surface area contributed by atoms with Gasteiger partial charge in [-0.25, -0.2) is 9.18 Å². The first-order valence-electron chi connectivity index (χ1n) is 7.99. The molecule has 25 heavy (non-hydrogen) atoms. The Kier molecular flexibility index (Phi) is 4.87. The number of aliphatic hydroxyl groups excluding tert-OH is 1. The number of aliphatic hydroxyl groups is 1. The van der Waals surface area contributed by atoms with Crippen LogP contribution in [0.2, 0.25) is 0 Å². The molecule has 4 N–H and O–H groups in total. The summed E-state index contributed by atoms with van der Waals surface area (Å²) >= 11 is 0. The van der Waals surface area contributed by atoms with Gasteiger partial charge in [0.15, 0.2) is 11.6 Å². The van der Waals surface area contributed by atoms with Crippen molar-refractivity contribution in [3.05, 3.63) is 53.3 Å². The second-order valence-corrected chi connectivity index (χ2v) is 6.06. The van der Waals surface area contributed by atoms with Crippen molar-refractivity contribution in [3.63, 3.8) is 0 Å². The molecule has 0 saturated carbocycles. The topological polar surface area (TPSA) is 87.8 Å². The Bertz CT molecular complexity index is 797. The molecule has 2 aromatic rings. The number of urea groups is 1. The summed E-state index contributed by atoms with van der Waals surface area (Å²) in [6, 6.07) is 9.31. The van der Waals surface area contributed by atoms with Crippen LogP contribution in [0.1, 0.15) is 17.5 Å². The molecular weight excluding hydrogens is 325 g/mol. The van der Waals surface area contributed by atoms with Gasteiger partial charge < -0.3 is 15.3 Å². The van der Waals surface area contributed by atoms with Crippen LogP contribution in [0.15, 0.2) is 36.4 Å². The molecule has 2 aromatic carbocycles. The normalized spacial score (nSPS) is 16.1. The van der Waals surface area contributed by atoms with E-state index < -0.39 is 18.0 Å². The van der Waals surface area contributed by atoms with E-state index >= 15 is 0 Å². The molecule has 2 amide bonds. The summed E-state index contributed by atoms with van der Waals surface area (Å²) in [5, 5.41) is 12.6. The number of carbonyl (C=O) groups excluding carboxylic acids is 1. The molecule has 0 spiro atoms. The summed E-state index contributed by atoms with van der Waals surface area (Å²) in [5.74, 6) is 4.18. The molecule has 0 radical (unpaired) electrons. The van der Waals surface area contributed by atoms with Gasteiger partial charge in [-0.2, -0.15) is 5.90 Å². The Hall–Kier alpha value is -2.64. The van der Waals surface area contributed by atoms with E-state index in [0.717, 1.165) is 35.7 Å². The monoisotopic (exact) mass is 345 g/mol. The van der Waals surface area contributed by atoms with Gasteiger partial charge in [0.1, 0.15) is 0 Å². The quantitative estimate of drug-likeness (QED) is 0.746. The fourth-order valence-electron chi connectivity index (χ4n) is 3.06. The summed E-state index contributed by atoms with van der Waals surface area (Å²) in [6.45, 7) is 0. The van der Waals surface area contributed by atoms with Crippen LogP contribution in [0.25, 0.3) is 0 Å². The van der Waals surface area contributed by atoms with Crippen molar-refractivity contribution in [3.8, 4) is 5.75 Å². The number of halogens is 1. The van der Waals surface area contributed by atoms with Gasteiger partial charge in [0, 0.05) is 30.9 Å². The Morgan fingerprint density at radius 3 is 2.92 bits per heavy atom. The number of hydrogen-bond acceptors (Lipinski definition) is 4. The molecule has 6 nitrogen and oxygen atoms in total. The van der Waals surface area contributed by atoms with Crippen LogP contribution in [-0.2, 0) is 12.8 Å². The molecule has 1 aliphatic rings. The smallest absolute Gasteiger partial charge is 0.326 e. The van der Waals surface area contributed by atoms with Crippen LogP contribution in [0.3, 0.4) is 0 Å². The lowest BCUT2D eigenvalue weighted by Gasteiger charge is -2.27. The molecule has 0 heterocycles. The Balaban J connectivity index is 1.80. The third kappa shape index (κ3) is 3.57. The second kappa shape index (κ2) is 7.08. The highest BCUT2D eigenvalue weighted by molar-refractivity contribution is 6.02. The SMILES string of the molecule is CN(C(=O)Nc1ccc(ON)c(F)c1)c1cccc2c1CC(O)CC2. The maximum atomic E-state index is 13.7. The van der Waals surface area contributed by atoms with E-state index in [1.807, 2.05) is 18.2 Å². The number of fused-ring (bicyclic) bond motifs is 1. The minimum absolute atomic E-state index is 0.0996. The first-order chi connectivity index (χ1) is 12.0. The summed E-state index contributed by atoms with van der Waals surface area (Å²) in [6.07, 6.45) is 1.62. The van der Waals surface area contributed by atoms with E-state index in [-0.39, 0.29) is 5.75 Å². The first-order valence-corrected chi connectivity index (χ1v) is 7.99. The lowest BCUT2D eigenvalue weighted by atomic mass is 9.88. The maximum Gasteiger partial charge on any atom is 0.326 e. The zero-order valence-electron chi connectivity index (χ0n) is 13.8. The van der Waals surface area contributed by atoms with Crippen LogP contribution in [0.5, 0.6) is 5.75 Å². The fourth-order valence-corrected chi connectivity index (χ4v) is 3.06. The van der Waals surface area contributed by atoms with Gasteiger partial charge in [0.2, 0.25) is 0 Å². The van der Waals surface area contributed by atoms with E-state index in [1.54, 1.807) is 7.05 Å². The number of amides is 2. The fraction of sp³-hybridized carbons (Fsp3) is 0.278. The van der Waals surface area contributed by atoms with E-state index in [2.05, 4.69) is 10.2 Å². The lowest BCUT2D eigenvalue weighted by Crippen LogP contribution is -2.33. The van der Waals surface area contributed by atoms with E-state index in [4.69, 9.17) is 5.90 Å². The standard InChI is InChI=1S/C18H20FN3O3/c1-22(16-4-2-3-11-5-7-13(23)10-14(11)16)18(24)21-12-6-8-17(25-20)15(19)9-12/h2-4,6,8-9,13,23H,5,7,10,20H2,1H3,(H,21,24). The van der Waals surface area contributed by atoms with E-state index in [9.17, 15) is 14.3 Å². The molecule has 0 aliphatic heterocycles. The highest BCUT2D eigenvalue weighted by Gasteiger charge is 2.23. The van der Waals surface area contributed by atoms with Crippen molar-refractivity contribution < 1.29 is 19.1 Å². The number of nitrogens with one attached hydrogen (secondary N) is 1. The first kappa shape index (κ1) is 17.2. The van der Waals surface area contributed by atoms with Crippen molar-refractivity contribution in [2.24, 2.45) is 5.90 Å². The summed E-state index contributed by atoms with van der Waals surface area (Å²) in [5.41, 5.74) is 3.13. The number of aryl methyl sites for hydroxylation is 1. The van der Waals surface area contributed by atoms with Gasteiger partial charge >= 0.3 is 6.03 Å². The van der Waals surface area contributed by atoms with Crippen molar-refractivity contribution in [2.45, 2.75) is 25.4 Å². The molecule has 0 aromatic heterocycles. The van der Waals surface area contributed by atoms with Crippen molar-refractivity contribution in [2.75, 3.05) is 17.3 Å². The Morgan fingerprint density at radius 1 is 1.40 bits per heavy atom. The average Bonchev–Trinajstić information content (AvgIpc) is 2.60. The Labute approximate surface area is 145 Å². The predicted molar refractivity (Wildman–Crippen MR) is 93.1 cm³/mol. The number of rotatable bonds is 3. The van der Waals surface area contributed by atoms with Crippen molar-refractivity contribution in [1.29, 1.82) is 0 Å². The molecule has 1 aliphatic carbocycles. The molecule has 132 valence electrons.